The van der Waals surface area contributed by atoms with E-state index in [0.29, 0.717) is 23.1 Å². The molecule has 0 aliphatic heterocycles. The Morgan fingerprint density at radius 2 is 1.83 bits per heavy atom. The molecule has 0 fully saturated rings. The van der Waals surface area contributed by atoms with Crippen molar-refractivity contribution in [3.05, 3.63) is 58.6 Å². The van der Waals surface area contributed by atoms with E-state index in [2.05, 4.69) is 26.0 Å². The summed E-state index contributed by atoms with van der Waals surface area (Å²) in [6.07, 6.45) is 1.83. The van der Waals surface area contributed by atoms with Gasteiger partial charge in [0, 0.05) is 16.2 Å². The summed E-state index contributed by atoms with van der Waals surface area (Å²) in [6, 6.07) is 14.1. The van der Waals surface area contributed by atoms with E-state index in [1.807, 2.05) is 37.3 Å². The molecular formula is C19H23ClLiO2P. The summed E-state index contributed by atoms with van der Waals surface area (Å²) in [5, 5.41) is 2.69. The maximum absolute atomic E-state index is 11.1. The quantitative estimate of drug-likeness (QED) is 0.422. The Hall–Kier alpha value is -0.613. The molecule has 2 aromatic carbocycles. The molecular weight excluding hydrogens is 334 g/mol. The first-order chi connectivity index (χ1) is 11.0. The van der Waals surface area contributed by atoms with Gasteiger partial charge in [0.05, 0.1) is 19.8 Å². The van der Waals surface area contributed by atoms with Crippen molar-refractivity contribution in [2.24, 2.45) is 5.92 Å². The van der Waals surface area contributed by atoms with Crippen LogP contribution in [0.15, 0.2) is 42.5 Å². The monoisotopic (exact) mass is 356 g/mol. The fourth-order valence-corrected chi connectivity index (χ4v) is 4.52. The van der Waals surface area contributed by atoms with Gasteiger partial charge in [0.2, 0.25) is 0 Å². The Bertz CT molecular complexity index is 639. The van der Waals surface area contributed by atoms with Gasteiger partial charge in [-0.05, 0) is 37.0 Å². The molecule has 0 saturated heterocycles. The van der Waals surface area contributed by atoms with Crippen molar-refractivity contribution in [1.82, 2.24) is 0 Å². The van der Waals surface area contributed by atoms with Crippen LogP contribution in [0.5, 0.6) is 0 Å². The molecule has 0 amide bonds. The van der Waals surface area contributed by atoms with Gasteiger partial charge in [0.15, 0.2) is 6.29 Å². The third-order valence-electron chi connectivity index (χ3n) is 3.58. The zero-order valence-corrected chi connectivity index (χ0v) is 15.4. The molecule has 124 valence electrons. The summed E-state index contributed by atoms with van der Waals surface area (Å²) in [7, 11) is -0.932. The summed E-state index contributed by atoms with van der Waals surface area (Å²) in [5.41, 5.74) is 1.44. The Labute approximate surface area is 163 Å². The van der Waals surface area contributed by atoms with Crippen LogP contribution < -0.4 is 10.6 Å². The minimum absolute atomic E-state index is 0. The number of aryl methyl sites for hydroxylation is 1. The Balaban J connectivity index is 0.00000288. The van der Waals surface area contributed by atoms with E-state index in [1.165, 1.54) is 0 Å². The molecule has 5 heteroatoms. The number of rotatable bonds is 7. The van der Waals surface area contributed by atoms with Crippen LogP contribution in [-0.2, 0) is 4.52 Å². The number of halogens is 1. The predicted octanol–water partition coefficient (Wildman–Crippen LogP) is 4.22. The molecule has 2 nitrogen and oxygen atoms in total. The number of aldehydes is 1. The normalized spacial score (nSPS) is 11.9. The first-order valence-electron chi connectivity index (χ1n) is 7.76. The van der Waals surface area contributed by atoms with Crippen LogP contribution in [0, 0.1) is 12.8 Å². The van der Waals surface area contributed by atoms with Gasteiger partial charge in [-0.2, -0.15) is 0 Å². The van der Waals surface area contributed by atoms with E-state index < -0.39 is 8.15 Å². The van der Waals surface area contributed by atoms with Crippen molar-refractivity contribution < 1.29 is 9.32 Å². The molecule has 2 aromatic rings. The minimum atomic E-state index is -0.932. The summed E-state index contributed by atoms with van der Waals surface area (Å²) in [5.74, 6) is 0.602. The average Bonchev–Trinajstić information content (AvgIpc) is 2.52. The number of carbonyl (C=O) groups is 1. The van der Waals surface area contributed by atoms with Gasteiger partial charge in [0.25, 0.3) is 0 Å². The van der Waals surface area contributed by atoms with E-state index in [-0.39, 0.29) is 18.9 Å². The molecule has 0 heterocycles. The van der Waals surface area contributed by atoms with Gasteiger partial charge in [-0.15, -0.1) is 0 Å². The Kier molecular flexibility index (Phi) is 9.28. The molecule has 0 bridgehead atoms. The Morgan fingerprint density at radius 1 is 1.17 bits per heavy atom. The topological polar surface area (TPSA) is 26.3 Å². The van der Waals surface area contributed by atoms with Gasteiger partial charge in [-0.25, -0.2) is 0 Å². The van der Waals surface area contributed by atoms with E-state index >= 15 is 0 Å². The molecule has 1 atom stereocenters. The molecule has 0 spiro atoms. The molecule has 0 N–H and O–H groups in total. The molecule has 24 heavy (non-hydrogen) atoms. The van der Waals surface area contributed by atoms with Crippen LogP contribution in [0.3, 0.4) is 0 Å². The van der Waals surface area contributed by atoms with Crippen LogP contribution in [0.4, 0.5) is 0 Å². The fraction of sp³-hybridized carbons (Fsp3) is 0.316. The zero-order valence-electron chi connectivity index (χ0n) is 13.8. The van der Waals surface area contributed by atoms with E-state index in [1.54, 1.807) is 0 Å². The molecule has 1 unspecified atom stereocenters. The number of carbonyl (C=O) groups excluding carboxylic acids is 1. The molecule has 2 rings (SSSR count). The molecule has 0 aromatic heterocycles. The SMILES string of the molecule is Cc1cc(P(OCCC(C)C)c2ccccc2)cc(Cl)c1C=O.[LiH]. The van der Waals surface area contributed by atoms with Gasteiger partial charge in [-0.3, -0.25) is 4.79 Å². The van der Waals surface area contributed by atoms with Crippen LogP contribution in [-0.4, -0.2) is 31.8 Å². The second kappa shape index (κ2) is 10.4. The third kappa shape index (κ3) is 5.73. The van der Waals surface area contributed by atoms with Crippen LogP contribution in [0.25, 0.3) is 0 Å². The second-order valence-corrected chi connectivity index (χ2v) is 8.21. The molecule has 0 saturated carbocycles. The van der Waals surface area contributed by atoms with Crippen molar-refractivity contribution in [1.29, 1.82) is 0 Å². The number of hydrogen-bond donors (Lipinski definition) is 0. The van der Waals surface area contributed by atoms with Crippen molar-refractivity contribution in [2.75, 3.05) is 6.61 Å². The molecule has 0 aliphatic rings. The van der Waals surface area contributed by atoms with Gasteiger partial charge < -0.3 is 4.52 Å². The molecule has 0 aliphatic carbocycles. The second-order valence-electron chi connectivity index (χ2n) is 5.92. The van der Waals surface area contributed by atoms with E-state index in [4.69, 9.17) is 16.1 Å². The van der Waals surface area contributed by atoms with Crippen molar-refractivity contribution in [2.45, 2.75) is 27.2 Å². The fourth-order valence-electron chi connectivity index (χ4n) is 2.24. The van der Waals surface area contributed by atoms with Crippen molar-refractivity contribution >= 4 is 55.5 Å². The van der Waals surface area contributed by atoms with E-state index in [9.17, 15) is 4.79 Å². The first-order valence-corrected chi connectivity index (χ1v) is 9.40. The average molecular weight is 357 g/mol. The number of benzene rings is 2. The molecule has 0 radical (unpaired) electrons. The Morgan fingerprint density at radius 3 is 2.38 bits per heavy atom. The van der Waals surface area contributed by atoms with Gasteiger partial charge in [-0.1, -0.05) is 55.8 Å². The van der Waals surface area contributed by atoms with Crippen LogP contribution in [0.2, 0.25) is 5.02 Å². The summed E-state index contributed by atoms with van der Waals surface area (Å²) < 4.78 is 6.23. The standard InChI is InChI=1S/C19H22ClO2P.Li.H/c1-14(2)9-10-22-23(16-7-5-4-6-8-16)17-11-15(3)18(13-21)19(20)12-17;;/h4-8,11-14H,9-10H2,1-3H3;;. The van der Waals surface area contributed by atoms with Crippen molar-refractivity contribution in [3.8, 4) is 0 Å². The third-order valence-corrected chi connectivity index (χ3v) is 5.83. The zero-order chi connectivity index (χ0) is 16.8. The van der Waals surface area contributed by atoms with Gasteiger partial charge in [0.1, 0.15) is 0 Å². The summed E-state index contributed by atoms with van der Waals surface area (Å²) >= 11 is 6.27. The maximum atomic E-state index is 11.1. The van der Waals surface area contributed by atoms with Crippen LogP contribution >= 0.6 is 19.7 Å². The predicted molar refractivity (Wildman–Crippen MR) is 107 cm³/mol. The van der Waals surface area contributed by atoms with Gasteiger partial charge >= 0.3 is 18.9 Å². The summed E-state index contributed by atoms with van der Waals surface area (Å²) in [4.78, 5) is 11.1. The first kappa shape index (κ1) is 21.4. The number of hydrogen-bond acceptors (Lipinski definition) is 2. The summed E-state index contributed by atoms with van der Waals surface area (Å²) in [6.45, 7) is 7.00. The van der Waals surface area contributed by atoms with Crippen molar-refractivity contribution in [3.63, 3.8) is 0 Å². The van der Waals surface area contributed by atoms with Crippen LogP contribution in [0.1, 0.15) is 36.2 Å². The van der Waals surface area contributed by atoms with E-state index in [0.717, 1.165) is 28.9 Å².